The predicted molar refractivity (Wildman–Crippen MR) is 153 cm³/mol. The van der Waals surface area contributed by atoms with Crippen LogP contribution in [0.15, 0.2) is 65.6 Å². The summed E-state index contributed by atoms with van der Waals surface area (Å²) in [7, 11) is -3.87. The number of benzene rings is 3. The van der Waals surface area contributed by atoms with Crippen LogP contribution in [0.2, 0.25) is 0 Å². The van der Waals surface area contributed by atoms with Gasteiger partial charge in [-0.3, -0.25) is 9.59 Å². The lowest BCUT2D eigenvalue weighted by Crippen LogP contribution is -2.55. The summed E-state index contributed by atoms with van der Waals surface area (Å²) in [5.41, 5.74) is 1.98. The van der Waals surface area contributed by atoms with Crippen molar-refractivity contribution in [2.45, 2.75) is 56.5 Å². The van der Waals surface area contributed by atoms with Gasteiger partial charge < -0.3 is 15.5 Å². The number of carbonyl (C=O) groups excluding carboxylic acids is 2. The number of carbonyl (C=O) groups is 2. The zero-order valence-corrected chi connectivity index (χ0v) is 23.3. The van der Waals surface area contributed by atoms with Crippen LogP contribution < -0.4 is 15.4 Å². The molecule has 2 saturated heterocycles. The molecule has 0 bridgehead atoms. The lowest BCUT2D eigenvalue weighted by Gasteiger charge is -2.39. The van der Waals surface area contributed by atoms with Crippen molar-refractivity contribution in [2.24, 2.45) is 5.92 Å². The highest BCUT2D eigenvalue weighted by molar-refractivity contribution is 7.89. The van der Waals surface area contributed by atoms with Crippen molar-refractivity contribution >= 4 is 38.3 Å². The quantitative estimate of drug-likeness (QED) is 0.413. The molecule has 39 heavy (non-hydrogen) atoms. The second-order valence-corrected chi connectivity index (χ2v) is 12.2. The lowest BCUT2D eigenvalue weighted by molar-refractivity contribution is -0.135. The number of hydrogen-bond acceptors (Lipinski definition) is 5. The Labute approximate surface area is 230 Å². The lowest BCUT2D eigenvalue weighted by atomic mass is 9.90. The number of nitrogens with one attached hydrogen (secondary N) is 3. The molecule has 3 aromatic rings. The molecule has 0 aromatic heterocycles. The van der Waals surface area contributed by atoms with Crippen LogP contribution in [-0.2, 0) is 14.8 Å². The number of sulfonamides is 1. The maximum atomic E-state index is 13.7. The molecule has 2 heterocycles. The summed E-state index contributed by atoms with van der Waals surface area (Å²) in [6.07, 6.45) is 3.20. The summed E-state index contributed by atoms with van der Waals surface area (Å²) in [5.74, 6) is -0.0914. The monoisotopic (exact) mass is 548 g/mol. The number of fused-ring (bicyclic) bond motifs is 1. The van der Waals surface area contributed by atoms with Crippen LogP contribution in [0, 0.1) is 12.8 Å². The van der Waals surface area contributed by atoms with E-state index >= 15 is 0 Å². The Balaban J connectivity index is 1.36. The average molecular weight is 549 g/mol. The number of aryl methyl sites for hydroxylation is 1. The molecule has 2 aliphatic heterocycles. The normalized spacial score (nSPS) is 21.7. The first-order chi connectivity index (χ1) is 18.8. The largest absolute Gasteiger partial charge is 0.341 e. The van der Waals surface area contributed by atoms with Crippen LogP contribution in [0.3, 0.4) is 0 Å². The van der Waals surface area contributed by atoms with Crippen molar-refractivity contribution in [3.63, 3.8) is 0 Å². The molecule has 5 rings (SSSR count). The molecule has 1 unspecified atom stereocenters. The van der Waals surface area contributed by atoms with Crippen molar-refractivity contribution in [3.05, 3.63) is 71.8 Å². The zero-order valence-electron chi connectivity index (χ0n) is 22.4. The van der Waals surface area contributed by atoms with E-state index in [9.17, 15) is 18.0 Å². The summed E-state index contributed by atoms with van der Waals surface area (Å²) in [6, 6.07) is 17.4. The van der Waals surface area contributed by atoms with Gasteiger partial charge in [0.1, 0.15) is 0 Å². The fourth-order valence-corrected chi connectivity index (χ4v) is 7.36. The zero-order chi connectivity index (χ0) is 27.6. The van der Waals surface area contributed by atoms with Gasteiger partial charge in [0.25, 0.3) is 5.91 Å². The molecule has 3 aromatic carbocycles. The highest BCUT2D eigenvalue weighted by Gasteiger charge is 2.36. The van der Waals surface area contributed by atoms with Gasteiger partial charge in [-0.1, -0.05) is 55.8 Å². The standard InChI is InChI=1S/C30H36N4O4S/c1-3-21-19-34(30(36)27-13-8-17-31-27)18-16-25(21)33-39(37,38)28-15-14-26(23-11-6-7-12-24(23)28)32-29(35)22-10-5-4-9-20(22)2/h4-7,9-12,14-15,21,25,27,31,33H,3,8,13,16-19H2,1-2H3,(H,32,35)/t21-,25+,27?/m1/s1. The molecular weight excluding hydrogens is 512 g/mol. The van der Waals surface area contributed by atoms with E-state index in [2.05, 4.69) is 15.4 Å². The van der Waals surface area contributed by atoms with Gasteiger partial charge in [-0.25, -0.2) is 13.1 Å². The third kappa shape index (κ3) is 5.71. The highest BCUT2D eigenvalue weighted by atomic mass is 32.2. The number of likely N-dealkylation sites (tertiary alicyclic amines) is 1. The molecule has 0 saturated carbocycles. The van der Waals surface area contributed by atoms with Crippen LogP contribution >= 0.6 is 0 Å². The van der Waals surface area contributed by atoms with Crippen molar-refractivity contribution in [2.75, 3.05) is 25.0 Å². The molecule has 0 radical (unpaired) electrons. The van der Waals surface area contributed by atoms with Crippen LogP contribution in [0.1, 0.15) is 48.5 Å². The van der Waals surface area contributed by atoms with Crippen molar-refractivity contribution in [1.82, 2.24) is 14.9 Å². The van der Waals surface area contributed by atoms with E-state index < -0.39 is 10.0 Å². The fraction of sp³-hybridized carbons (Fsp3) is 0.400. The summed E-state index contributed by atoms with van der Waals surface area (Å²) in [6.45, 7) is 5.86. The van der Waals surface area contributed by atoms with E-state index in [-0.39, 0.29) is 34.7 Å². The number of hydrogen-bond donors (Lipinski definition) is 3. The number of piperidine rings is 1. The Morgan fingerprint density at radius 1 is 1.00 bits per heavy atom. The van der Waals surface area contributed by atoms with E-state index in [1.54, 1.807) is 30.3 Å². The Kier molecular flexibility index (Phi) is 8.02. The van der Waals surface area contributed by atoms with Crippen LogP contribution in [-0.4, -0.2) is 56.9 Å². The van der Waals surface area contributed by atoms with Gasteiger partial charge in [0.05, 0.1) is 10.9 Å². The molecule has 2 fully saturated rings. The Morgan fingerprint density at radius 3 is 2.46 bits per heavy atom. The maximum absolute atomic E-state index is 13.7. The van der Waals surface area contributed by atoms with Gasteiger partial charge >= 0.3 is 0 Å². The molecule has 2 amide bonds. The predicted octanol–water partition coefficient (Wildman–Crippen LogP) is 4.06. The van der Waals surface area contributed by atoms with Crippen molar-refractivity contribution in [1.29, 1.82) is 0 Å². The highest BCUT2D eigenvalue weighted by Crippen LogP contribution is 2.31. The summed E-state index contributed by atoms with van der Waals surface area (Å²) in [5, 5.41) is 7.43. The smallest absolute Gasteiger partial charge is 0.255 e. The van der Waals surface area contributed by atoms with E-state index in [0.29, 0.717) is 41.5 Å². The van der Waals surface area contributed by atoms with Crippen molar-refractivity contribution < 1.29 is 18.0 Å². The van der Waals surface area contributed by atoms with Crippen LogP contribution in [0.4, 0.5) is 5.69 Å². The molecule has 3 atom stereocenters. The Hall–Kier alpha value is -3.27. The summed E-state index contributed by atoms with van der Waals surface area (Å²) < 4.78 is 30.4. The van der Waals surface area contributed by atoms with E-state index in [1.165, 1.54) is 0 Å². The number of rotatable bonds is 7. The first-order valence-electron chi connectivity index (χ1n) is 13.7. The minimum atomic E-state index is -3.87. The topological polar surface area (TPSA) is 108 Å². The third-order valence-electron chi connectivity index (χ3n) is 8.05. The SMILES string of the molecule is CC[C@@H]1CN(C(=O)C2CCCN2)CC[C@@H]1NS(=O)(=O)c1ccc(NC(=O)c2ccccc2C)c2ccccc12. The first kappa shape index (κ1) is 27.3. The molecule has 206 valence electrons. The molecular formula is C30H36N4O4S. The van der Waals surface area contributed by atoms with E-state index in [0.717, 1.165) is 31.4 Å². The number of amides is 2. The second-order valence-electron chi connectivity index (χ2n) is 10.5. The number of nitrogens with zero attached hydrogens (tertiary/aromatic N) is 1. The van der Waals surface area contributed by atoms with Gasteiger partial charge in [0.2, 0.25) is 15.9 Å². The molecule has 0 aliphatic carbocycles. The van der Waals surface area contributed by atoms with Gasteiger partial charge in [0, 0.05) is 41.2 Å². The summed E-state index contributed by atoms with van der Waals surface area (Å²) >= 11 is 0. The second kappa shape index (κ2) is 11.5. The van der Waals surface area contributed by atoms with Crippen molar-refractivity contribution in [3.8, 4) is 0 Å². The molecule has 3 N–H and O–H groups in total. The Bertz CT molecular complexity index is 1480. The summed E-state index contributed by atoms with van der Waals surface area (Å²) in [4.78, 5) is 28.0. The molecule has 0 spiro atoms. The minimum Gasteiger partial charge on any atom is -0.341 e. The maximum Gasteiger partial charge on any atom is 0.255 e. The Morgan fingerprint density at radius 2 is 1.74 bits per heavy atom. The van der Waals surface area contributed by atoms with Gasteiger partial charge in [-0.15, -0.1) is 0 Å². The molecule has 9 heteroatoms. The van der Waals surface area contributed by atoms with Gasteiger partial charge in [-0.2, -0.15) is 0 Å². The number of anilines is 1. The van der Waals surface area contributed by atoms with Gasteiger partial charge in [-0.05, 0) is 62.4 Å². The van der Waals surface area contributed by atoms with Crippen LogP contribution in [0.25, 0.3) is 10.8 Å². The fourth-order valence-electron chi connectivity index (χ4n) is 5.81. The molecule has 8 nitrogen and oxygen atoms in total. The minimum absolute atomic E-state index is 0.0258. The molecule has 2 aliphatic rings. The first-order valence-corrected chi connectivity index (χ1v) is 15.2. The third-order valence-corrected chi connectivity index (χ3v) is 9.59. The van der Waals surface area contributed by atoms with Gasteiger partial charge in [0.15, 0.2) is 0 Å². The van der Waals surface area contributed by atoms with E-state index in [1.807, 2.05) is 49.1 Å². The average Bonchev–Trinajstić information content (AvgIpc) is 3.48. The van der Waals surface area contributed by atoms with Crippen LogP contribution in [0.5, 0.6) is 0 Å². The van der Waals surface area contributed by atoms with E-state index in [4.69, 9.17) is 0 Å².